The van der Waals surface area contributed by atoms with Gasteiger partial charge in [0.25, 0.3) is 0 Å². The summed E-state index contributed by atoms with van der Waals surface area (Å²) in [7, 11) is 6.68. The van der Waals surface area contributed by atoms with Crippen molar-refractivity contribution in [3.8, 4) is 0 Å². The van der Waals surface area contributed by atoms with Crippen LogP contribution in [0.4, 0.5) is 0 Å². The predicted molar refractivity (Wildman–Crippen MR) is 68.6 cm³/mol. The van der Waals surface area contributed by atoms with E-state index in [1.54, 1.807) is 0 Å². The van der Waals surface area contributed by atoms with Crippen molar-refractivity contribution in [1.29, 1.82) is 0 Å². The van der Waals surface area contributed by atoms with Gasteiger partial charge in [-0.2, -0.15) is 0 Å². The zero-order chi connectivity index (χ0) is 11.9. The Morgan fingerprint density at radius 1 is 1.00 bits per heavy atom. The van der Waals surface area contributed by atoms with Gasteiger partial charge in [0, 0.05) is 0 Å². The summed E-state index contributed by atoms with van der Waals surface area (Å²) in [4.78, 5) is 2.27. The molecule has 0 aliphatic carbocycles. The molecule has 0 aromatic rings. The van der Waals surface area contributed by atoms with E-state index in [4.69, 9.17) is 4.74 Å². The number of ether oxygens (including phenoxy) is 1. The number of unbranched alkanes of at least 4 members (excludes halogenated alkanes) is 3. The zero-order valence-electron chi connectivity index (χ0n) is 11.4. The highest BCUT2D eigenvalue weighted by molar-refractivity contribution is 4.50. The number of hydrogen-bond donors (Lipinski definition) is 0. The summed E-state index contributed by atoms with van der Waals surface area (Å²) in [6.45, 7) is 6.90. The van der Waals surface area contributed by atoms with Crippen LogP contribution >= 0.6 is 0 Å². The van der Waals surface area contributed by atoms with E-state index in [1.165, 1.54) is 56.3 Å². The van der Waals surface area contributed by atoms with Gasteiger partial charge in [0.1, 0.15) is 13.1 Å². The number of morpholine rings is 1. The Labute approximate surface area is 101 Å². The number of quaternary nitrogens is 1. The summed E-state index contributed by atoms with van der Waals surface area (Å²) in [6, 6.07) is 0. The van der Waals surface area contributed by atoms with Gasteiger partial charge in [0.05, 0.1) is 26.8 Å². The molecule has 1 aliphatic heterocycles. The smallest absolute Gasteiger partial charge is 0.102 e. The first-order chi connectivity index (χ1) is 7.62. The number of nitrogens with zero attached hydrogens (tertiary/aromatic N) is 2. The molecule has 0 atom stereocenters. The maximum Gasteiger partial charge on any atom is 0.102 e. The average Bonchev–Trinajstić information content (AvgIpc) is 2.24. The highest BCUT2D eigenvalue weighted by Crippen LogP contribution is 2.11. The van der Waals surface area contributed by atoms with Crippen LogP contribution < -0.4 is 0 Å². The topological polar surface area (TPSA) is 12.5 Å². The van der Waals surface area contributed by atoms with Crippen LogP contribution in [-0.2, 0) is 4.74 Å². The Morgan fingerprint density at radius 2 is 1.62 bits per heavy atom. The lowest BCUT2D eigenvalue weighted by Crippen LogP contribution is -2.52. The minimum absolute atomic E-state index is 0.955. The van der Waals surface area contributed by atoms with Crippen molar-refractivity contribution in [2.75, 3.05) is 60.5 Å². The molecule has 1 saturated heterocycles. The minimum atomic E-state index is 0.955. The van der Waals surface area contributed by atoms with Crippen molar-refractivity contribution in [3.63, 3.8) is 0 Å². The maximum atomic E-state index is 5.41. The summed E-state index contributed by atoms with van der Waals surface area (Å²) in [5, 5.41) is 0. The highest BCUT2D eigenvalue weighted by atomic mass is 16.5. The maximum absolute atomic E-state index is 5.41. The Balaban J connectivity index is 1.97. The van der Waals surface area contributed by atoms with Crippen LogP contribution in [0, 0.1) is 0 Å². The molecule has 1 heterocycles. The molecule has 1 rings (SSSR count). The Morgan fingerprint density at radius 3 is 2.25 bits per heavy atom. The molecule has 1 aliphatic rings. The average molecular weight is 229 g/mol. The van der Waals surface area contributed by atoms with Crippen LogP contribution in [0.15, 0.2) is 0 Å². The van der Waals surface area contributed by atoms with Crippen molar-refractivity contribution in [1.82, 2.24) is 4.90 Å². The Bertz CT molecular complexity index is 177. The first-order valence-corrected chi connectivity index (χ1v) is 6.68. The van der Waals surface area contributed by atoms with Crippen molar-refractivity contribution < 1.29 is 9.22 Å². The Kier molecular flexibility index (Phi) is 6.32. The van der Waals surface area contributed by atoms with Gasteiger partial charge >= 0.3 is 0 Å². The van der Waals surface area contributed by atoms with E-state index < -0.39 is 0 Å². The van der Waals surface area contributed by atoms with Gasteiger partial charge in [-0.3, -0.25) is 0 Å². The van der Waals surface area contributed by atoms with Gasteiger partial charge in [-0.15, -0.1) is 0 Å². The molecule has 0 unspecified atom stereocenters. The highest BCUT2D eigenvalue weighted by Gasteiger charge is 2.23. The quantitative estimate of drug-likeness (QED) is 0.485. The fourth-order valence-electron chi connectivity index (χ4n) is 2.28. The third-order valence-electron chi connectivity index (χ3n) is 3.60. The number of rotatable bonds is 7. The first kappa shape index (κ1) is 13.9. The summed E-state index contributed by atoms with van der Waals surface area (Å²) >= 11 is 0. The van der Waals surface area contributed by atoms with Crippen LogP contribution in [0.2, 0.25) is 0 Å². The second-order valence-electron chi connectivity index (χ2n) is 5.62. The lowest BCUT2D eigenvalue weighted by Gasteiger charge is -2.37. The van der Waals surface area contributed by atoms with Gasteiger partial charge in [0.15, 0.2) is 0 Å². The molecule has 3 heteroatoms. The SMILES string of the molecule is CN(C)CCCCCC[N+]1(C)CCOCC1. The van der Waals surface area contributed by atoms with Crippen LogP contribution in [-0.4, -0.2) is 69.9 Å². The standard InChI is InChI=1S/C13H29N2O/c1-14(2)8-6-4-5-7-9-15(3)10-12-16-13-11-15/h4-13H2,1-3H3/q+1. The second-order valence-corrected chi connectivity index (χ2v) is 5.62. The molecule has 0 N–H and O–H groups in total. The molecule has 0 aromatic carbocycles. The molecule has 96 valence electrons. The third kappa shape index (κ3) is 5.83. The monoisotopic (exact) mass is 229 g/mol. The van der Waals surface area contributed by atoms with Crippen LogP contribution in [0.25, 0.3) is 0 Å². The van der Waals surface area contributed by atoms with Gasteiger partial charge in [-0.1, -0.05) is 6.42 Å². The van der Waals surface area contributed by atoms with Crippen LogP contribution in [0.5, 0.6) is 0 Å². The van der Waals surface area contributed by atoms with Gasteiger partial charge in [-0.05, 0) is 39.9 Å². The van der Waals surface area contributed by atoms with E-state index in [0.29, 0.717) is 0 Å². The summed E-state index contributed by atoms with van der Waals surface area (Å²) in [6.07, 6.45) is 5.50. The third-order valence-corrected chi connectivity index (χ3v) is 3.60. The van der Waals surface area contributed by atoms with Crippen molar-refractivity contribution in [3.05, 3.63) is 0 Å². The number of hydrogen-bond acceptors (Lipinski definition) is 2. The summed E-state index contributed by atoms with van der Waals surface area (Å²) in [5.41, 5.74) is 0. The van der Waals surface area contributed by atoms with E-state index in [1.807, 2.05) is 0 Å². The van der Waals surface area contributed by atoms with Crippen molar-refractivity contribution in [2.24, 2.45) is 0 Å². The lowest BCUT2D eigenvalue weighted by molar-refractivity contribution is -0.917. The van der Waals surface area contributed by atoms with Crippen molar-refractivity contribution >= 4 is 0 Å². The van der Waals surface area contributed by atoms with E-state index in [0.717, 1.165) is 13.2 Å². The van der Waals surface area contributed by atoms with Crippen LogP contribution in [0.3, 0.4) is 0 Å². The van der Waals surface area contributed by atoms with Crippen molar-refractivity contribution in [2.45, 2.75) is 25.7 Å². The predicted octanol–water partition coefficient (Wildman–Crippen LogP) is 1.59. The molecule has 0 spiro atoms. The zero-order valence-corrected chi connectivity index (χ0v) is 11.4. The minimum Gasteiger partial charge on any atom is -0.370 e. The molecule has 0 radical (unpaired) electrons. The second kappa shape index (κ2) is 7.25. The van der Waals surface area contributed by atoms with Gasteiger partial charge in [-0.25, -0.2) is 0 Å². The van der Waals surface area contributed by atoms with Crippen LogP contribution in [0.1, 0.15) is 25.7 Å². The largest absolute Gasteiger partial charge is 0.370 e. The number of likely N-dealkylation sites (N-methyl/N-ethyl adjacent to an activating group) is 1. The summed E-state index contributed by atoms with van der Waals surface area (Å²) < 4.78 is 6.64. The molecule has 3 nitrogen and oxygen atoms in total. The normalized spacial score (nSPS) is 20.2. The molecule has 0 amide bonds. The molecule has 0 saturated carbocycles. The fourth-order valence-corrected chi connectivity index (χ4v) is 2.28. The van der Waals surface area contributed by atoms with E-state index >= 15 is 0 Å². The first-order valence-electron chi connectivity index (χ1n) is 6.68. The van der Waals surface area contributed by atoms with E-state index in [2.05, 4.69) is 26.0 Å². The summed E-state index contributed by atoms with van der Waals surface area (Å²) in [5.74, 6) is 0. The molecular weight excluding hydrogens is 200 g/mol. The van der Waals surface area contributed by atoms with E-state index in [9.17, 15) is 0 Å². The molecular formula is C13H29N2O+. The fraction of sp³-hybridized carbons (Fsp3) is 1.00. The molecule has 1 fully saturated rings. The Hall–Kier alpha value is -0.120. The lowest BCUT2D eigenvalue weighted by atomic mass is 10.1. The van der Waals surface area contributed by atoms with Gasteiger partial charge < -0.3 is 14.1 Å². The van der Waals surface area contributed by atoms with Gasteiger partial charge in [0.2, 0.25) is 0 Å². The molecule has 0 aromatic heterocycles. The van der Waals surface area contributed by atoms with E-state index in [-0.39, 0.29) is 0 Å². The molecule has 16 heavy (non-hydrogen) atoms. The molecule has 0 bridgehead atoms.